The highest BCUT2D eigenvalue weighted by Gasteiger charge is 2.28. The summed E-state index contributed by atoms with van der Waals surface area (Å²) in [4.78, 5) is 10.6. The van der Waals surface area contributed by atoms with Gasteiger partial charge in [-0.25, -0.2) is 13.2 Å². The number of furan rings is 1. The fraction of sp³-hybridized carbons (Fsp3) is 0.273. The molecule has 0 aliphatic heterocycles. The number of aromatic nitrogens is 2. The van der Waals surface area contributed by atoms with Crippen molar-refractivity contribution in [3.63, 3.8) is 0 Å². The highest BCUT2D eigenvalue weighted by atomic mass is 79.9. The summed E-state index contributed by atoms with van der Waals surface area (Å²) in [5, 5.41) is 12.8. The van der Waals surface area contributed by atoms with E-state index in [9.17, 15) is 13.2 Å². The van der Waals surface area contributed by atoms with Crippen molar-refractivity contribution >= 4 is 31.9 Å². The van der Waals surface area contributed by atoms with Gasteiger partial charge in [0.25, 0.3) is 0 Å². The molecule has 0 aromatic carbocycles. The van der Waals surface area contributed by atoms with Gasteiger partial charge in [0, 0.05) is 38.5 Å². The lowest BCUT2D eigenvalue weighted by atomic mass is 10.4. The van der Waals surface area contributed by atoms with E-state index in [1.807, 2.05) is 0 Å². The van der Waals surface area contributed by atoms with E-state index in [1.54, 1.807) is 24.1 Å². The van der Waals surface area contributed by atoms with Crippen LogP contribution < -0.4 is 0 Å². The average molecular weight is 378 g/mol. The molecule has 0 bridgehead atoms. The molecule has 114 valence electrons. The summed E-state index contributed by atoms with van der Waals surface area (Å²) in [7, 11) is -0.762. The minimum absolute atomic E-state index is 0.107. The second-order valence-electron chi connectivity index (χ2n) is 4.34. The van der Waals surface area contributed by atoms with Crippen LogP contribution in [0.25, 0.3) is 0 Å². The van der Waals surface area contributed by atoms with Crippen LogP contribution in [0.2, 0.25) is 0 Å². The Kier molecular flexibility index (Phi) is 4.21. The molecule has 2 heterocycles. The van der Waals surface area contributed by atoms with Gasteiger partial charge in [-0.1, -0.05) is 0 Å². The van der Waals surface area contributed by atoms with Crippen molar-refractivity contribution in [2.75, 3.05) is 7.05 Å². The van der Waals surface area contributed by atoms with Crippen LogP contribution in [0.5, 0.6) is 0 Å². The van der Waals surface area contributed by atoms with E-state index >= 15 is 0 Å². The average Bonchev–Trinajstić information content (AvgIpc) is 2.96. The van der Waals surface area contributed by atoms with Gasteiger partial charge in [-0.05, 0) is 15.9 Å². The zero-order valence-corrected chi connectivity index (χ0v) is 13.5. The summed E-state index contributed by atoms with van der Waals surface area (Å²) in [6.45, 7) is 0.107. The van der Waals surface area contributed by atoms with Crippen LogP contribution in [0.1, 0.15) is 16.1 Å². The van der Waals surface area contributed by atoms with E-state index < -0.39 is 21.8 Å². The Labute approximate surface area is 129 Å². The number of sulfonamides is 1. The molecule has 0 radical (unpaired) electrons. The van der Waals surface area contributed by atoms with Crippen molar-refractivity contribution in [1.29, 1.82) is 0 Å². The summed E-state index contributed by atoms with van der Waals surface area (Å²) >= 11 is 2.93. The molecule has 0 atom stereocenters. The first-order valence-electron chi connectivity index (χ1n) is 5.68. The number of halogens is 1. The fourth-order valence-corrected chi connectivity index (χ4v) is 3.75. The quantitative estimate of drug-likeness (QED) is 0.841. The van der Waals surface area contributed by atoms with Gasteiger partial charge in [-0.3, -0.25) is 4.68 Å². The van der Waals surface area contributed by atoms with Crippen LogP contribution in [-0.4, -0.2) is 40.6 Å². The Balaban J connectivity index is 2.30. The Morgan fingerprint density at radius 3 is 2.71 bits per heavy atom. The first-order valence-corrected chi connectivity index (χ1v) is 7.91. The van der Waals surface area contributed by atoms with Gasteiger partial charge in [-0.2, -0.15) is 9.40 Å². The number of aromatic carboxylic acids is 1. The number of rotatable bonds is 5. The van der Waals surface area contributed by atoms with Crippen LogP contribution in [-0.2, 0) is 23.6 Å². The van der Waals surface area contributed by atoms with Crippen molar-refractivity contribution in [2.45, 2.75) is 11.4 Å². The van der Waals surface area contributed by atoms with Crippen LogP contribution in [0.3, 0.4) is 0 Å². The maximum absolute atomic E-state index is 12.4. The summed E-state index contributed by atoms with van der Waals surface area (Å²) in [6, 6.07) is 0.974. The fourth-order valence-electron chi connectivity index (χ4n) is 1.70. The summed E-state index contributed by atoms with van der Waals surface area (Å²) in [5.41, 5.74) is 0.710. The standard InChI is InChI=1S/C11H12BrN3O5S/c1-14-5-7(4-13-14)6-15(2)21(18,19)9-3-8(11(16)17)20-10(9)12/h3-5H,6H2,1-2H3,(H,16,17). The Bertz CT molecular complexity index is 780. The van der Waals surface area contributed by atoms with Gasteiger partial charge in [-0.15, -0.1) is 0 Å². The van der Waals surface area contributed by atoms with E-state index in [0.29, 0.717) is 5.56 Å². The molecule has 0 amide bonds. The molecule has 0 fully saturated rings. The van der Waals surface area contributed by atoms with E-state index in [4.69, 9.17) is 9.52 Å². The second kappa shape index (κ2) is 5.62. The monoisotopic (exact) mass is 377 g/mol. The first-order chi connectivity index (χ1) is 9.71. The largest absolute Gasteiger partial charge is 0.475 e. The molecule has 10 heteroatoms. The number of aryl methyl sites for hydroxylation is 1. The van der Waals surface area contributed by atoms with Gasteiger partial charge in [0.05, 0.1) is 6.20 Å². The number of carboxylic acid groups (broad SMARTS) is 1. The zero-order valence-electron chi connectivity index (χ0n) is 11.1. The van der Waals surface area contributed by atoms with Crippen molar-refractivity contribution in [1.82, 2.24) is 14.1 Å². The molecule has 0 spiro atoms. The molecule has 2 rings (SSSR count). The number of hydrogen-bond acceptors (Lipinski definition) is 5. The molecule has 0 aliphatic rings. The summed E-state index contributed by atoms with van der Waals surface area (Å²) in [6.07, 6.45) is 3.25. The molecular formula is C11H12BrN3O5S. The van der Waals surface area contributed by atoms with Crippen molar-refractivity contribution in [2.24, 2.45) is 7.05 Å². The molecule has 0 saturated heterocycles. The van der Waals surface area contributed by atoms with Crippen LogP contribution >= 0.6 is 15.9 Å². The van der Waals surface area contributed by atoms with Crippen LogP contribution in [0, 0.1) is 0 Å². The molecule has 2 aromatic heterocycles. The number of carboxylic acids is 1. The molecule has 0 saturated carbocycles. The van der Waals surface area contributed by atoms with Gasteiger partial charge < -0.3 is 9.52 Å². The predicted octanol–water partition coefficient (Wildman–Crippen LogP) is 1.29. The SMILES string of the molecule is CN(Cc1cnn(C)c1)S(=O)(=O)c1cc(C(=O)O)oc1Br. The lowest BCUT2D eigenvalue weighted by Crippen LogP contribution is -2.26. The van der Waals surface area contributed by atoms with Crippen LogP contribution in [0.4, 0.5) is 0 Å². The lowest BCUT2D eigenvalue weighted by Gasteiger charge is -2.15. The number of nitrogens with zero attached hydrogens (tertiary/aromatic N) is 3. The van der Waals surface area contributed by atoms with Crippen molar-refractivity contribution in [3.8, 4) is 0 Å². The highest BCUT2D eigenvalue weighted by Crippen LogP contribution is 2.28. The highest BCUT2D eigenvalue weighted by molar-refractivity contribution is 9.10. The maximum Gasteiger partial charge on any atom is 0.371 e. The molecule has 1 N–H and O–H groups in total. The molecule has 0 unspecified atom stereocenters. The Morgan fingerprint density at radius 1 is 1.57 bits per heavy atom. The number of hydrogen-bond donors (Lipinski definition) is 1. The van der Waals surface area contributed by atoms with E-state index in [2.05, 4.69) is 21.0 Å². The maximum atomic E-state index is 12.4. The molecular weight excluding hydrogens is 366 g/mol. The van der Waals surface area contributed by atoms with Gasteiger partial charge >= 0.3 is 5.97 Å². The minimum atomic E-state index is -3.88. The molecule has 0 aliphatic carbocycles. The topological polar surface area (TPSA) is 106 Å². The zero-order chi connectivity index (χ0) is 15.8. The summed E-state index contributed by atoms with van der Waals surface area (Å²) in [5.74, 6) is -1.79. The molecule has 8 nitrogen and oxygen atoms in total. The van der Waals surface area contributed by atoms with E-state index in [-0.39, 0.29) is 16.1 Å². The molecule has 2 aromatic rings. The van der Waals surface area contributed by atoms with E-state index in [1.165, 1.54) is 7.05 Å². The van der Waals surface area contributed by atoms with Crippen molar-refractivity contribution < 1.29 is 22.7 Å². The third kappa shape index (κ3) is 3.17. The number of carbonyl (C=O) groups is 1. The van der Waals surface area contributed by atoms with E-state index in [0.717, 1.165) is 10.4 Å². The molecule has 21 heavy (non-hydrogen) atoms. The van der Waals surface area contributed by atoms with Crippen molar-refractivity contribution in [3.05, 3.63) is 34.5 Å². The lowest BCUT2D eigenvalue weighted by molar-refractivity contribution is 0.0661. The first kappa shape index (κ1) is 15.7. The predicted molar refractivity (Wildman–Crippen MR) is 75.2 cm³/mol. The summed E-state index contributed by atoms with van der Waals surface area (Å²) < 4.78 is 32.2. The normalized spacial score (nSPS) is 12.0. The minimum Gasteiger partial charge on any atom is -0.475 e. The third-order valence-electron chi connectivity index (χ3n) is 2.72. The van der Waals surface area contributed by atoms with Gasteiger partial charge in [0.1, 0.15) is 4.90 Å². The smallest absolute Gasteiger partial charge is 0.371 e. The van der Waals surface area contributed by atoms with Crippen LogP contribution in [0.15, 0.2) is 32.4 Å². The van der Waals surface area contributed by atoms with Gasteiger partial charge in [0.2, 0.25) is 15.8 Å². The Morgan fingerprint density at radius 2 is 2.24 bits per heavy atom. The second-order valence-corrected chi connectivity index (χ2v) is 7.07. The third-order valence-corrected chi connectivity index (χ3v) is 5.38. The van der Waals surface area contributed by atoms with Gasteiger partial charge in [0.15, 0.2) is 4.67 Å². The Hall–Kier alpha value is -1.65.